The molecular formula is C18H21NO4. The highest BCUT2D eigenvalue weighted by molar-refractivity contribution is 5.93. The summed E-state index contributed by atoms with van der Waals surface area (Å²) in [4.78, 5) is 14.7. The van der Waals surface area contributed by atoms with Crippen LogP contribution in [0.5, 0.6) is 11.5 Å². The zero-order valence-corrected chi connectivity index (χ0v) is 13.7. The average Bonchev–Trinajstić information content (AvgIpc) is 3.22. The van der Waals surface area contributed by atoms with Crippen molar-refractivity contribution < 1.29 is 18.7 Å². The number of aryl methyl sites for hydroxylation is 1. The second-order valence-corrected chi connectivity index (χ2v) is 5.70. The number of ether oxygens (including phenoxy) is 2. The standard InChI is InChI=1S/C18H21NO4/c1-12-8-10-23-17(12)18(20)19-9-4-5-15(19)14-7-6-13(21-2)11-16(14)22-3/h6-8,10-11,15H,4-5,9H2,1-3H3. The van der Waals surface area contributed by atoms with Crippen LogP contribution in [0, 0.1) is 6.92 Å². The van der Waals surface area contributed by atoms with Gasteiger partial charge in [-0.25, -0.2) is 0 Å². The number of furan rings is 1. The zero-order chi connectivity index (χ0) is 16.4. The van der Waals surface area contributed by atoms with E-state index < -0.39 is 0 Å². The van der Waals surface area contributed by atoms with Crippen LogP contribution < -0.4 is 9.47 Å². The first-order valence-electron chi connectivity index (χ1n) is 7.72. The van der Waals surface area contributed by atoms with E-state index >= 15 is 0 Å². The Kier molecular flexibility index (Phi) is 4.28. The first-order chi connectivity index (χ1) is 11.2. The van der Waals surface area contributed by atoms with Gasteiger partial charge >= 0.3 is 0 Å². The monoisotopic (exact) mass is 315 g/mol. The van der Waals surface area contributed by atoms with Crippen LogP contribution >= 0.6 is 0 Å². The first kappa shape index (κ1) is 15.5. The van der Waals surface area contributed by atoms with Crippen molar-refractivity contribution in [2.75, 3.05) is 20.8 Å². The lowest BCUT2D eigenvalue weighted by Crippen LogP contribution is -2.30. The van der Waals surface area contributed by atoms with Gasteiger partial charge in [0.25, 0.3) is 5.91 Å². The summed E-state index contributed by atoms with van der Waals surface area (Å²) in [7, 11) is 3.26. The second kappa shape index (κ2) is 6.36. The third kappa shape index (κ3) is 2.79. The van der Waals surface area contributed by atoms with Crippen LogP contribution in [0.4, 0.5) is 0 Å². The number of nitrogens with zero attached hydrogens (tertiary/aromatic N) is 1. The van der Waals surface area contributed by atoms with Gasteiger partial charge in [-0.2, -0.15) is 0 Å². The number of likely N-dealkylation sites (tertiary alicyclic amines) is 1. The quantitative estimate of drug-likeness (QED) is 0.865. The molecule has 1 aliphatic heterocycles. The van der Waals surface area contributed by atoms with Gasteiger partial charge in [-0.05, 0) is 38.0 Å². The summed E-state index contributed by atoms with van der Waals surface area (Å²) >= 11 is 0. The van der Waals surface area contributed by atoms with Gasteiger partial charge in [0.15, 0.2) is 5.76 Å². The molecule has 23 heavy (non-hydrogen) atoms. The van der Waals surface area contributed by atoms with Crippen LogP contribution in [-0.2, 0) is 0 Å². The van der Waals surface area contributed by atoms with Crippen molar-refractivity contribution in [1.82, 2.24) is 4.90 Å². The van der Waals surface area contributed by atoms with Gasteiger partial charge in [-0.3, -0.25) is 4.79 Å². The van der Waals surface area contributed by atoms with E-state index in [1.54, 1.807) is 20.5 Å². The summed E-state index contributed by atoms with van der Waals surface area (Å²) in [6.45, 7) is 2.61. The van der Waals surface area contributed by atoms with E-state index in [1.165, 1.54) is 0 Å². The summed E-state index contributed by atoms with van der Waals surface area (Å²) in [6.07, 6.45) is 3.43. The Bertz CT molecular complexity index is 707. The van der Waals surface area contributed by atoms with Crippen molar-refractivity contribution in [3.63, 3.8) is 0 Å². The highest BCUT2D eigenvalue weighted by atomic mass is 16.5. The van der Waals surface area contributed by atoms with Crippen LogP contribution in [-0.4, -0.2) is 31.6 Å². The Balaban J connectivity index is 1.93. The number of rotatable bonds is 4. The molecule has 1 fully saturated rings. The first-order valence-corrected chi connectivity index (χ1v) is 7.72. The predicted molar refractivity (Wildman–Crippen MR) is 86.0 cm³/mol. The Labute approximate surface area is 135 Å². The van der Waals surface area contributed by atoms with E-state index in [1.807, 2.05) is 36.1 Å². The molecule has 0 bridgehead atoms. The van der Waals surface area contributed by atoms with Crippen LogP contribution in [0.2, 0.25) is 0 Å². The topological polar surface area (TPSA) is 51.9 Å². The largest absolute Gasteiger partial charge is 0.497 e. The van der Waals surface area contributed by atoms with Crippen molar-refractivity contribution in [1.29, 1.82) is 0 Å². The number of methoxy groups -OCH3 is 2. The predicted octanol–water partition coefficient (Wildman–Crippen LogP) is 3.58. The van der Waals surface area contributed by atoms with Gasteiger partial charge in [0, 0.05) is 23.7 Å². The third-order valence-corrected chi connectivity index (χ3v) is 4.37. The lowest BCUT2D eigenvalue weighted by atomic mass is 10.0. The minimum atomic E-state index is -0.0622. The number of carbonyl (C=O) groups is 1. The fraction of sp³-hybridized carbons (Fsp3) is 0.389. The van der Waals surface area contributed by atoms with Crippen LogP contribution in [0.3, 0.4) is 0 Å². The molecule has 2 heterocycles. The van der Waals surface area contributed by atoms with E-state index in [0.717, 1.165) is 42.0 Å². The summed E-state index contributed by atoms with van der Waals surface area (Å²) in [5.41, 5.74) is 1.87. The molecule has 0 N–H and O–H groups in total. The van der Waals surface area contributed by atoms with Crippen molar-refractivity contribution in [2.45, 2.75) is 25.8 Å². The molecule has 0 saturated carbocycles. The molecule has 1 saturated heterocycles. The molecule has 3 rings (SSSR count). The minimum Gasteiger partial charge on any atom is -0.497 e. The molecular weight excluding hydrogens is 294 g/mol. The fourth-order valence-electron chi connectivity index (χ4n) is 3.15. The average molecular weight is 315 g/mol. The normalized spacial score (nSPS) is 17.3. The highest BCUT2D eigenvalue weighted by Crippen LogP contribution is 2.39. The molecule has 1 unspecified atom stereocenters. The highest BCUT2D eigenvalue weighted by Gasteiger charge is 2.34. The number of benzene rings is 1. The van der Waals surface area contributed by atoms with E-state index in [-0.39, 0.29) is 11.9 Å². The maximum Gasteiger partial charge on any atom is 0.290 e. The maximum absolute atomic E-state index is 12.8. The smallest absolute Gasteiger partial charge is 0.290 e. The van der Waals surface area contributed by atoms with Crippen LogP contribution in [0.25, 0.3) is 0 Å². The van der Waals surface area contributed by atoms with Crippen LogP contribution in [0.15, 0.2) is 34.9 Å². The molecule has 5 nitrogen and oxygen atoms in total. The molecule has 1 aliphatic rings. The number of carbonyl (C=O) groups excluding carboxylic acids is 1. The molecule has 1 amide bonds. The zero-order valence-electron chi connectivity index (χ0n) is 13.7. The number of amides is 1. The van der Waals surface area contributed by atoms with Gasteiger partial charge in [0.05, 0.1) is 26.5 Å². The van der Waals surface area contributed by atoms with E-state index in [4.69, 9.17) is 13.9 Å². The Morgan fingerprint density at radius 3 is 2.74 bits per heavy atom. The van der Waals surface area contributed by atoms with Crippen molar-refractivity contribution >= 4 is 5.91 Å². The lowest BCUT2D eigenvalue weighted by molar-refractivity contribution is 0.0700. The molecule has 0 radical (unpaired) electrons. The minimum absolute atomic E-state index is 0.00661. The van der Waals surface area contributed by atoms with E-state index in [9.17, 15) is 4.79 Å². The van der Waals surface area contributed by atoms with Crippen molar-refractivity contribution in [2.24, 2.45) is 0 Å². The molecule has 0 spiro atoms. The molecule has 2 aromatic rings. The Morgan fingerprint density at radius 1 is 1.26 bits per heavy atom. The molecule has 1 aromatic carbocycles. The van der Waals surface area contributed by atoms with Crippen molar-refractivity contribution in [3.8, 4) is 11.5 Å². The Hall–Kier alpha value is -2.43. The number of hydrogen-bond donors (Lipinski definition) is 0. The van der Waals surface area contributed by atoms with E-state index in [0.29, 0.717) is 5.76 Å². The summed E-state index contributed by atoms with van der Waals surface area (Å²) in [5.74, 6) is 1.84. The SMILES string of the molecule is COc1ccc(C2CCCN2C(=O)c2occc2C)c(OC)c1. The van der Waals surface area contributed by atoms with Gasteiger partial charge in [-0.15, -0.1) is 0 Å². The van der Waals surface area contributed by atoms with Gasteiger partial charge in [0.2, 0.25) is 0 Å². The summed E-state index contributed by atoms with van der Waals surface area (Å²) < 4.78 is 16.1. The molecule has 0 aliphatic carbocycles. The number of hydrogen-bond acceptors (Lipinski definition) is 4. The fourth-order valence-corrected chi connectivity index (χ4v) is 3.15. The van der Waals surface area contributed by atoms with Gasteiger partial charge < -0.3 is 18.8 Å². The van der Waals surface area contributed by atoms with Gasteiger partial charge in [0.1, 0.15) is 11.5 Å². The lowest BCUT2D eigenvalue weighted by Gasteiger charge is -2.26. The van der Waals surface area contributed by atoms with E-state index in [2.05, 4.69) is 0 Å². The molecule has 122 valence electrons. The maximum atomic E-state index is 12.8. The molecule has 1 aromatic heterocycles. The Morgan fingerprint density at radius 2 is 2.09 bits per heavy atom. The summed E-state index contributed by atoms with van der Waals surface area (Å²) in [5, 5.41) is 0. The summed E-state index contributed by atoms with van der Waals surface area (Å²) in [6, 6.07) is 7.54. The van der Waals surface area contributed by atoms with Crippen molar-refractivity contribution in [3.05, 3.63) is 47.4 Å². The third-order valence-electron chi connectivity index (χ3n) is 4.37. The molecule has 5 heteroatoms. The molecule has 1 atom stereocenters. The van der Waals surface area contributed by atoms with Crippen LogP contribution in [0.1, 0.15) is 40.6 Å². The second-order valence-electron chi connectivity index (χ2n) is 5.70. The van der Waals surface area contributed by atoms with Gasteiger partial charge in [-0.1, -0.05) is 0 Å².